The zero-order valence-electron chi connectivity index (χ0n) is 9.17. The molecule has 90 valence electrons. The standard InChI is InChI=1S/C10H11N3O4/c1-2-4-8(14)12-10(15)9-7(13(16)17)5-3-6-11-9/h3,5-6H,2,4H2,1H3,(H,12,14,15). The van der Waals surface area contributed by atoms with Crippen LogP contribution in [0.5, 0.6) is 0 Å². The van der Waals surface area contributed by atoms with Crippen LogP contribution in [0, 0.1) is 10.1 Å². The Hall–Kier alpha value is -2.31. The van der Waals surface area contributed by atoms with Crippen molar-refractivity contribution in [3.63, 3.8) is 0 Å². The molecule has 1 rings (SSSR count). The number of nitrogens with zero attached hydrogens (tertiary/aromatic N) is 2. The van der Waals surface area contributed by atoms with Crippen LogP contribution in [0.15, 0.2) is 18.3 Å². The van der Waals surface area contributed by atoms with Crippen molar-refractivity contribution in [2.45, 2.75) is 19.8 Å². The van der Waals surface area contributed by atoms with Crippen molar-refractivity contribution >= 4 is 17.5 Å². The quantitative estimate of drug-likeness (QED) is 0.622. The molecule has 0 aliphatic rings. The van der Waals surface area contributed by atoms with Crippen molar-refractivity contribution in [2.75, 3.05) is 0 Å². The van der Waals surface area contributed by atoms with E-state index >= 15 is 0 Å². The lowest BCUT2D eigenvalue weighted by molar-refractivity contribution is -0.385. The number of imide groups is 1. The Morgan fingerprint density at radius 2 is 2.24 bits per heavy atom. The minimum absolute atomic E-state index is 0.187. The fourth-order valence-corrected chi connectivity index (χ4v) is 1.19. The third-order valence-corrected chi connectivity index (χ3v) is 1.93. The second-order valence-electron chi connectivity index (χ2n) is 3.26. The SMILES string of the molecule is CCCC(=O)NC(=O)c1ncccc1[N+](=O)[O-]. The van der Waals surface area contributed by atoms with Gasteiger partial charge >= 0.3 is 5.69 Å². The molecule has 1 aromatic rings. The van der Waals surface area contributed by atoms with E-state index in [1.807, 2.05) is 5.32 Å². The Kier molecular flexibility index (Phi) is 4.27. The largest absolute Gasteiger partial charge is 0.300 e. The molecule has 0 spiro atoms. The predicted molar refractivity (Wildman–Crippen MR) is 58.3 cm³/mol. The first kappa shape index (κ1) is 12.8. The van der Waals surface area contributed by atoms with Crippen LogP contribution in [-0.4, -0.2) is 21.7 Å². The molecule has 7 nitrogen and oxygen atoms in total. The fraction of sp³-hybridized carbons (Fsp3) is 0.300. The Morgan fingerprint density at radius 1 is 1.53 bits per heavy atom. The smallest absolute Gasteiger partial charge is 0.291 e. The van der Waals surface area contributed by atoms with Crippen molar-refractivity contribution in [1.29, 1.82) is 0 Å². The summed E-state index contributed by atoms with van der Waals surface area (Å²) in [7, 11) is 0. The lowest BCUT2D eigenvalue weighted by atomic mass is 10.2. The van der Waals surface area contributed by atoms with Crippen LogP contribution in [0.1, 0.15) is 30.3 Å². The van der Waals surface area contributed by atoms with Gasteiger partial charge in [0.15, 0.2) is 0 Å². The number of amides is 2. The monoisotopic (exact) mass is 237 g/mol. The third kappa shape index (κ3) is 3.33. The van der Waals surface area contributed by atoms with Gasteiger partial charge in [0.2, 0.25) is 11.6 Å². The van der Waals surface area contributed by atoms with Gasteiger partial charge < -0.3 is 0 Å². The first-order chi connectivity index (χ1) is 8.06. The zero-order valence-corrected chi connectivity index (χ0v) is 9.17. The molecule has 0 radical (unpaired) electrons. The molecular formula is C10H11N3O4. The second kappa shape index (κ2) is 5.69. The molecule has 0 saturated carbocycles. The number of hydrogen-bond donors (Lipinski definition) is 1. The lowest BCUT2D eigenvalue weighted by Gasteiger charge is -2.02. The van der Waals surface area contributed by atoms with Crippen molar-refractivity contribution in [2.24, 2.45) is 0 Å². The molecule has 1 aromatic heterocycles. The summed E-state index contributed by atoms with van der Waals surface area (Å²) >= 11 is 0. The summed E-state index contributed by atoms with van der Waals surface area (Å²) in [5.41, 5.74) is -0.781. The molecule has 0 atom stereocenters. The Labute approximate surface area is 97.0 Å². The van der Waals surface area contributed by atoms with Crippen molar-refractivity contribution in [3.05, 3.63) is 34.1 Å². The lowest BCUT2D eigenvalue weighted by Crippen LogP contribution is -2.31. The second-order valence-corrected chi connectivity index (χ2v) is 3.26. The van der Waals surface area contributed by atoms with Gasteiger partial charge in [0.05, 0.1) is 4.92 Å². The van der Waals surface area contributed by atoms with E-state index in [-0.39, 0.29) is 12.1 Å². The molecule has 0 unspecified atom stereocenters. The maximum Gasteiger partial charge on any atom is 0.300 e. The zero-order chi connectivity index (χ0) is 12.8. The summed E-state index contributed by atoms with van der Waals surface area (Å²) < 4.78 is 0. The Bertz CT molecular complexity index is 459. The number of pyridine rings is 1. The van der Waals surface area contributed by atoms with Crippen LogP contribution in [0.4, 0.5) is 5.69 Å². The molecule has 0 bridgehead atoms. The number of carbonyl (C=O) groups is 2. The highest BCUT2D eigenvalue weighted by Gasteiger charge is 2.22. The van der Waals surface area contributed by atoms with E-state index < -0.39 is 22.4 Å². The predicted octanol–water partition coefficient (Wildman–Crippen LogP) is 1.05. The molecule has 0 aromatic carbocycles. The molecule has 0 fully saturated rings. The van der Waals surface area contributed by atoms with Gasteiger partial charge in [0.25, 0.3) is 5.91 Å². The molecule has 2 amide bonds. The van der Waals surface area contributed by atoms with Crippen LogP contribution in [-0.2, 0) is 4.79 Å². The van der Waals surface area contributed by atoms with Crippen LogP contribution in [0.2, 0.25) is 0 Å². The van der Waals surface area contributed by atoms with Crippen molar-refractivity contribution < 1.29 is 14.5 Å². The van der Waals surface area contributed by atoms with E-state index in [1.54, 1.807) is 6.92 Å². The molecule has 1 heterocycles. The summed E-state index contributed by atoms with van der Waals surface area (Å²) in [6.07, 6.45) is 2.03. The van der Waals surface area contributed by atoms with E-state index in [0.717, 1.165) is 6.07 Å². The Morgan fingerprint density at radius 3 is 2.82 bits per heavy atom. The van der Waals surface area contributed by atoms with Crippen LogP contribution in [0.3, 0.4) is 0 Å². The molecule has 17 heavy (non-hydrogen) atoms. The number of carbonyl (C=O) groups excluding carboxylic acids is 2. The highest BCUT2D eigenvalue weighted by molar-refractivity contribution is 6.05. The first-order valence-corrected chi connectivity index (χ1v) is 4.99. The van der Waals surface area contributed by atoms with Gasteiger partial charge in [-0.15, -0.1) is 0 Å². The van der Waals surface area contributed by atoms with Crippen LogP contribution in [0.25, 0.3) is 0 Å². The van der Waals surface area contributed by atoms with E-state index in [2.05, 4.69) is 4.98 Å². The number of nitrogens with one attached hydrogen (secondary N) is 1. The molecule has 1 N–H and O–H groups in total. The van der Waals surface area contributed by atoms with E-state index in [0.29, 0.717) is 6.42 Å². The molecule has 0 aliphatic carbocycles. The Balaban J connectivity index is 2.89. The van der Waals surface area contributed by atoms with Crippen molar-refractivity contribution in [3.8, 4) is 0 Å². The van der Waals surface area contributed by atoms with Gasteiger partial charge in [-0.25, -0.2) is 4.98 Å². The van der Waals surface area contributed by atoms with E-state index in [4.69, 9.17) is 0 Å². The normalized spacial score (nSPS) is 9.71. The van der Waals surface area contributed by atoms with Crippen LogP contribution < -0.4 is 5.32 Å². The van der Waals surface area contributed by atoms with Gasteiger partial charge in [-0.3, -0.25) is 25.0 Å². The number of hydrogen-bond acceptors (Lipinski definition) is 5. The highest BCUT2D eigenvalue weighted by atomic mass is 16.6. The third-order valence-electron chi connectivity index (χ3n) is 1.93. The maximum atomic E-state index is 11.6. The topological polar surface area (TPSA) is 102 Å². The van der Waals surface area contributed by atoms with E-state index in [9.17, 15) is 19.7 Å². The number of aromatic nitrogens is 1. The van der Waals surface area contributed by atoms with Gasteiger partial charge in [-0.05, 0) is 12.5 Å². The maximum absolute atomic E-state index is 11.6. The number of rotatable bonds is 4. The minimum atomic E-state index is -0.851. The first-order valence-electron chi connectivity index (χ1n) is 4.99. The summed E-state index contributed by atoms with van der Waals surface area (Å²) in [5, 5.41) is 12.7. The van der Waals surface area contributed by atoms with Crippen LogP contribution >= 0.6 is 0 Å². The summed E-state index contributed by atoms with van der Waals surface area (Å²) in [6, 6.07) is 2.51. The van der Waals surface area contributed by atoms with Gasteiger partial charge in [0.1, 0.15) is 0 Å². The summed E-state index contributed by atoms with van der Waals surface area (Å²) in [4.78, 5) is 36.3. The highest BCUT2D eigenvalue weighted by Crippen LogP contribution is 2.14. The van der Waals surface area contributed by atoms with Gasteiger partial charge in [-0.1, -0.05) is 6.92 Å². The van der Waals surface area contributed by atoms with E-state index in [1.165, 1.54) is 12.3 Å². The van der Waals surface area contributed by atoms with Crippen molar-refractivity contribution in [1.82, 2.24) is 10.3 Å². The molecule has 0 aliphatic heterocycles. The average molecular weight is 237 g/mol. The molecule has 7 heteroatoms. The fourth-order valence-electron chi connectivity index (χ4n) is 1.19. The molecular weight excluding hydrogens is 226 g/mol. The van der Waals surface area contributed by atoms with Gasteiger partial charge in [0, 0.05) is 18.7 Å². The summed E-state index contributed by atoms with van der Waals surface area (Å²) in [5.74, 6) is -1.33. The summed E-state index contributed by atoms with van der Waals surface area (Å²) in [6.45, 7) is 1.78. The minimum Gasteiger partial charge on any atom is -0.291 e. The van der Waals surface area contributed by atoms with Gasteiger partial charge in [-0.2, -0.15) is 0 Å². The molecule has 0 saturated heterocycles. The average Bonchev–Trinajstić information content (AvgIpc) is 2.29. The number of nitro groups is 1.